The van der Waals surface area contributed by atoms with Gasteiger partial charge in [-0.3, -0.25) is 25.8 Å². The monoisotopic (exact) mass is 443 g/mol. The summed E-state index contributed by atoms with van der Waals surface area (Å²) in [4.78, 5) is 24.4. The Labute approximate surface area is 188 Å². The molecular weight excluding hydrogens is 414 g/mol. The van der Waals surface area contributed by atoms with E-state index in [9.17, 15) is 9.59 Å². The van der Waals surface area contributed by atoms with Gasteiger partial charge < -0.3 is 9.47 Å². The van der Waals surface area contributed by atoms with Crippen molar-refractivity contribution in [2.45, 2.75) is 39.5 Å². The van der Waals surface area contributed by atoms with Gasteiger partial charge in [-0.05, 0) is 49.8 Å². The molecule has 2 aromatic rings. The number of para-hydroxylation sites is 1. The van der Waals surface area contributed by atoms with Gasteiger partial charge in [0.05, 0.1) is 12.2 Å². The predicted molar refractivity (Wildman–Crippen MR) is 124 cm³/mol. The number of rotatable bonds is 10. The fourth-order valence-electron chi connectivity index (χ4n) is 2.64. The number of thiocarbonyl (C=S) groups is 1. The quantitative estimate of drug-likeness (QED) is 0.295. The summed E-state index contributed by atoms with van der Waals surface area (Å²) in [5.74, 6) is 0.220. The summed E-state index contributed by atoms with van der Waals surface area (Å²) in [6.07, 6.45) is 4.33. The van der Waals surface area contributed by atoms with Gasteiger partial charge in [0.2, 0.25) is 0 Å². The zero-order valence-corrected chi connectivity index (χ0v) is 18.7. The largest absolute Gasteiger partial charge is 0.493 e. The first-order valence-electron chi connectivity index (χ1n) is 10.3. The van der Waals surface area contributed by atoms with Crippen LogP contribution in [0.3, 0.4) is 0 Å². The Morgan fingerprint density at radius 2 is 1.68 bits per heavy atom. The number of hydrogen-bond donors (Lipinski definition) is 3. The Morgan fingerprint density at radius 1 is 0.935 bits per heavy atom. The standard InChI is InChI=1S/C23H29N3O4S/c1-3-4-5-8-15-29-20-10-7-6-9-19(20)22(28)24-23(31)26-25-21(27)16-30-18-13-11-17(2)12-14-18/h6-7,9-14H,3-5,8,15-16H2,1-2H3,(H,25,27)(H2,24,26,28,31). The molecule has 0 aromatic heterocycles. The molecule has 0 aliphatic carbocycles. The maximum atomic E-state index is 12.5. The minimum Gasteiger partial charge on any atom is -0.493 e. The lowest BCUT2D eigenvalue weighted by Gasteiger charge is -2.13. The number of amides is 2. The SMILES string of the molecule is CCCCCCOc1ccccc1C(=O)NC(=S)NNC(=O)COc1ccc(C)cc1. The highest BCUT2D eigenvalue weighted by molar-refractivity contribution is 7.80. The first kappa shape index (κ1) is 24.1. The van der Waals surface area contributed by atoms with Crippen molar-refractivity contribution in [2.75, 3.05) is 13.2 Å². The zero-order chi connectivity index (χ0) is 22.5. The van der Waals surface area contributed by atoms with Gasteiger partial charge in [0.1, 0.15) is 11.5 Å². The van der Waals surface area contributed by atoms with Gasteiger partial charge in [0, 0.05) is 0 Å². The number of benzene rings is 2. The van der Waals surface area contributed by atoms with Crippen LogP contribution in [0, 0.1) is 6.92 Å². The summed E-state index contributed by atoms with van der Waals surface area (Å²) in [6.45, 7) is 4.47. The molecule has 0 saturated heterocycles. The molecule has 0 fully saturated rings. The van der Waals surface area contributed by atoms with Gasteiger partial charge in [-0.2, -0.15) is 0 Å². The summed E-state index contributed by atoms with van der Waals surface area (Å²) < 4.78 is 11.1. The third-order valence-electron chi connectivity index (χ3n) is 4.32. The Balaban J connectivity index is 1.75. The van der Waals surface area contributed by atoms with Gasteiger partial charge in [-0.25, -0.2) is 0 Å². The number of carbonyl (C=O) groups excluding carboxylic acids is 2. The van der Waals surface area contributed by atoms with Gasteiger partial charge >= 0.3 is 0 Å². The van der Waals surface area contributed by atoms with E-state index in [4.69, 9.17) is 21.7 Å². The third-order valence-corrected chi connectivity index (χ3v) is 4.52. The minimum absolute atomic E-state index is 0.0357. The average molecular weight is 444 g/mol. The summed E-state index contributed by atoms with van der Waals surface area (Å²) in [5, 5.41) is 2.49. The maximum absolute atomic E-state index is 12.5. The summed E-state index contributed by atoms with van der Waals surface area (Å²) >= 11 is 5.08. The van der Waals surface area contributed by atoms with Crippen LogP contribution in [0.2, 0.25) is 0 Å². The molecule has 0 saturated carbocycles. The van der Waals surface area contributed by atoms with Crippen molar-refractivity contribution in [3.63, 3.8) is 0 Å². The van der Waals surface area contributed by atoms with E-state index in [1.807, 2.05) is 25.1 Å². The highest BCUT2D eigenvalue weighted by Crippen LogP contribution is 2.18. The molecule has 31 heavy (non-hydrogen) atoms. The molecule has 2 rings (SSSR count). The van der Waals surface area contributed by atoms with E-state index >= 15 is 0 Å². The molecule has 2 aromatic carbocycles. The number of nitrogens with one attached hydrogen (secondary N) is 3. The van der Waals surface area contributed by atoms with Crippen LogP contribution in [0.25, 0.3) is 0 Å². The van der Waals surface area contributed by atoms with Gasteiger partial charge in [-0.1, -0.05) is 56.0 Å². The molecule has 2 amide bonds. The van der Waals surface area contributed by atoms with Crippen molar-refractivity contribution >= 4 is 29.1 Å². The summed E-state index contributed by atoms with van der Waals surface area (Å²) in [7, 11) is 0. The highest BCUT2D eigenvalue weighted by Gasteiger charge is 2.14. The second-order valence-corrected chi connectivity index (χ2v) is 7.37. The molecule has 0 bridgehead atoms. The van der Waals surface area contributed by atoms with E-state index in [2.05, 4.69) is 23.1 Å². The molecule has 3 N–H and O–H groups in total. The van der Waals surface area contributed by atoms with E-state index in [1.165, 1.54) is 0 Å². The van der Waals surface area contributed by atoms with Crippen molar-refractivity contribution in [3.05, 3.63) is 59.7 Å². The van der Waals surface area contributed by atoms with E-state index in [1.54, 1.807) is 30.3 Å². The van der Waals surface area contributed by atoms with Crippen molar-refractivity contribution in [1.82, 2.24) is 16.2 Å². The third kappa shape index (κ3) is 9.04. The van der Waals surface area contributed by atoms with E-state index in [0.29, 0.717) is 23.7 Å². The number of carbonyl (C=O) groups is 2. The smallest absolute Gasteiger partial charge is 0.276 e. The van der Waals surface area contributed by atoms with Crippen LogP contribution in [0.5, 0.6) is 11.5 Å². The number of hydrogen-bond acceptors (Lipinski definition) is 5. The molecule has 7 nitrogen and oxygen atoms in total. The molecule has 0 spiro atoms. The van der Waals surface area contributed by atoms with E-state index in [0.717, 1.165) is 31.2 Å². The molecule has 0 heterocycles. The molecule has 0 aliphatic heterocycles. The number of hydrazine groups is 1. The Hall–Kier alpha value is -3.13. The molecule has 0 unspecified atom stereocenters. The molecular formula is C23H29N3O4S. The van der Waals surface area contributed by atoms with Crippen LogP contribution >= 0.6 is 12.2 Å². The van der Waals surface area contributed by atoms with Crippen LogP contribution in [0.15, 0.2) is 48.5 Å². The molecule has 0 radical (unpaired) electrons. The Bertz CT molecular complexity index is 871. The fourth-order valence-corrected chi connectivity index (χ4v) is 2.78. The topological polar surface area (TPSA) is 88.7 Å². The lowest BCUT2D eigenvalue weighted by molar-refractivity contribution is -0.123. The van der Waals surface area contributed by atoms with E-state index < -0.39 is 11.8 Å². The normalized spacial score (nSPS) is 10.1. The van der Waals surface area contributed by atoms with Crippen molar-refractivity contribution < 1.29 is 19.1 Å². The molecule has 0 aliphatic rings. The van der Waals surface area contributed by atoms with Crippen LogP contribution in [-0.2, 0) is 4.79 Å². The first-order valence-corrected chi connectivity index (χ1v) is 10.7. The summed E-state index contributed by atoms with van der Waals surface area (Å²) in [5.41, 5.74) is 6.35. The minimum atomic E-state index is -0.437. The summed E-state index contributed by atoms with van der Waals surface area (Å²) in [6, 6.07) is 14.3. The molecule has 0 atom stereocenters. The maximum Gasteiger partial charge on any atom is 0.276 e. The average Bonchev–Trinajstić information content (AvgIpc) is 2.77. The van der Waals surface area contributed by atoms with Crippen LogP contribution < -0.4 is 25.6 Å². The highest BCUT2D eigenvalue weighted by atomic mass is 32.1. The van der Waals surface area contributed by atoms with Crippen molar-refractivity contribution in [1.29, 1.82) is 0 Å². The second kappa shape index (κ2) is 13.2. The molecule has 8 heteroatoms. The van der Waals surface area contributed by atoms with Gasteiger partial charge in [0.25, 0.3) is 11.8 Å². The van der Waals surface area contributed by atoms with Crippen molar-refractivity contribution in [3.8, 4) is 11.5 Å². The molecule has 166 valence electrons. The van der Waals surface area contributed by atoms with Crippen LogP contribution in [0.4, 0.5) is 0 Å². The lowest BCUT2D eigenvalue weighted by Crippen LogP contribution is -2.49. The number of unbranched alkanes of at least 4 members (excludes halogenated alkanes) is 3. The van der Waals surface area contributed by atoms with E-state index in [-0.39, 0.29) is 11.7 Å². The zero-order valence-electron chi connectivity index (χ0n) is 17.9. The van der Waals surface area contributed by atoms with Crippen molar-refractivity contribution in [2.24, 2.45) is 0 Å². The van der Waals surface area contributed by atoms with Gasteiger partial charge in [0.15, 0.2) is 11.7 Å². The fraction of sp³-hybridized carbons (Fsp3) is 0.348. The van der Waals surface area contributed by atoms with Crippen LogP contribution in [0.1, 0.15) is 48.5 Å². The second-order valence-electron chi connectivity index (χ2n) is 6.96. The first-order chi connectivity index (χ1) is 15.0. The number of aryl methyl sites for hydroxylation is 1. The Morgan fingerprint density at radius 3 is 2.42 bits per heavy atom. The van der Waals surface area contributed by atoms with Crippen LogP contribution in [-0.4, -0.2) is 30.1 Å². The lowest BCUT2D eigenvalue weighted by atomic mass is 10.2. The predicted octanol–water partition coefficient (Wildman–Crippen LogP) is 3.67. The number of ether oxygens (including phenoxy) is 2. The Kier molecular flexibility index (Phi) is 10.3. The van der Waals surface area contributed by atoms with Gasteiger partial charge in [-0.15, -0.1) is 0 Å².